The van der Waals surface area contributed by atoms with E-state index in [1.165, 1.54) is 22.9 Å². The number of nitrogens with zero attached hydrogens (tertiary/aromatic N) is 4. The van der Waals surface area contributed by atoms with Gasteiger partial charge in [0, 0.05) is 34.5 Å². The maximum Gasteiger partial charge on any atom is 0.185 e. The van der Waals surface area contributed by atoms with Crippen molar-refractivity contribution in [1.29, 1.82) is 0 Å². The SMILES string of the molecule is CC(CCn1nnnc1-c1cc(N)ccc1F)S(C)=O. The highest BCUT2D eigenvalue weighted by atomic mass is 32.2. The van der Waals surface area contributed by atoms with Gasteiger partial charge in [0.05, 0.1) is 5.56 Å². The summed E-state index contributed by atoms with van der Waals surface area (Å²) in [7, 11) is -0.907. The largest absolute Gasteiger partial charge is 0.399 e. The van der Waals surface area contributed by atoms with E-state index in [9.17, 15) is 8.60 Å². The molecule has 20 heavy (non-hydrogen) atoms. The molecule has 1 heterocycles. The summed E-state index contributed by atoms with van der Waals surface area (Å²) in [5.74, 6) is -0.105. The number of hydrogen-bond donors (Lipinski definition) is 1. The maximum atomic E-state index is 13.8. The molecule has 1 aromatic carbocycles. The summed E-state index contributed by atoms with van der Waals surface area (Å²) < 4.78 is 26.7. The molecule has 0 fully saturated rings. The Morgan fingerprint density at radius 1 is 1.50 bits per heavy atom. The van der Waals surface area contributed by atoms with Gasteiger partial charge >= 0.3 is 0 Å². The summed E-state index contributed by atoms with van der Waals surface area (Å²) in [6.07, 6.45) is 2.30. The van der Waals surface area contributed by atoms with Gasteiger partial charge < -0.3 is 5.73 Å². The van der Waals surface area contributed by atoms with Gasteiger partial charge in [0.1, 0.15) is 5.82 Å². The molecule has 2 unspecified atom stereocenters. The van der Waals surface area contributed by atoms with Crippen molar-refractivity contribution in [1.82, 2.24) is 20.2 Å². The molecule has 0 amide bonds. The quantitative estimate of drug-likeness (QED) is 0.838. The number of aryl methyl sites for hydroxylation is 1. The van der Waals surface area contributed by atoms with Crippen molar-refractivity contribution < 1.29 is 8.60 Å². The summed E-state index contributed by atoms with van der Waals surface area (Å²) in [6, 6.07) is 4.27. The number of hydrogen-bond acceptors (Lipinski definition) is 5. The molecule has 0 spiro atoms. The first kappa shape index (κ1) is 14.6. The molecule has 0 aliphatic heterocycles. The van der Waals surface area contributed by atoms with Crippen molar-refractivity contribution in [2.75, 3.05) is 12.0 Å². The van der Waals surface area contributed by atoms with E-state index in [1.54, 1.807) is 6.26 Å². The van der Waals surface area contributed by atoms with E-state index < -0.39 is 16.6 Å². The van der Waals surface area contributed by atoms with E-state index in [0.717, 1.165) is 0 Å². The monoisotopic (exact) mass is 297 g/mol. The van der Waals surface area contributed by atoms with Crippen LogP contribution in [0.4, 0.5) is 10.1 Å². The lowest BCUT2D eigenvalue weighted by molar-refractivity contribution is 0.553. The standard InChI is InChI=1S/C12H16FN5OS/c1-8(20(2)19)5-6-18-12(15-16-17-18)10-7-9(14)3-4-11(10)13/h3-4,7-8H,5-6,14H2,1-2H3. The summed E-state index contributed by atoms with van der Waals surface area (Å²) in [6.45, 7) is 2.36. The van der Waals surface area contributed by atoms with Crippen LogP contribution >= 0.6 is 0 Å². The fourth-order valence-corrected chi connectivity index (χ4v) is 2.17. The van der Waals surface area contributed by atoms with Gasteiger partial charge in [-0.2, -0.15) is 0 Å². The van der Waals surface area contributed by atoms with Crippen LogP contribution in [0.25, 0.3) is 11.4 Å². The average Bonchev–Trinajstić information content (AvgIpc) is 2.86. The average molecular weight is 297 g/mol. The van der Waals surface area contributed by atoms with Gasteiger partial charge in [0.25, 0.3) is 0 Å². The second kappa shape index (κ2) is 6.08. The highest BCUT2D eigenvalue weighted by Gasteiger charge is 2.15. The van der Waals surface area contributed by atoms with Crippen LogP contribution in [0.2, 0.25) is 0 Å². The predicted molar refractivity (Wildman–Crippen MR) is 75.8 cm³/mol. The van der Waals surface area contributed by atoms with Crippen molar-refractivity contribution in [2.45, 2.75) is 25.1 Å². The fraction of sp³-hybridized carbons (Fsp3) is 0.417. The van der Waals surface area contributed by atoms with Gasteiger partial charge in [-0.25, -0.2) is 9.07 Å². The Kier molecular flexibility index (Phi) is 4.43. The van der Waals surface area contributed by atoms with E-state index >= 15 is 0 Å². The molecule has 6 nitrogen and oxygen atoms in total. The van der Waals surface area contributed by atoms with Crippen LogP contribution in [0.1, 0.15) is 13.3 Å². The molecule has 0 saturated heterocycles. The normalized spacial score (nSPS) is 14.2. The Morgan fingerprint density at radius 2 is 2.25 bits per heavy atom. The van der Waals surface area contributed by atoms with E-state index in [4.69, 9.17) is 5.73 Å². The molecule has 2 aromatic rings. The highest BCUT2D eigenvalue weighted by molar-refractivity contribution is 7.84. The number of nitrogens with two attached hydrogens (primary N) is 1. The van der Waals surface area contributed by atoms with Gasteiger partial charge in [0.2, 0.25) is 0 Å². The topological polar surface area (TPSA) is 86.7 Å². The van der Waals surface area contributed by atoms with E-state index in [-0.39, 0.29) is 10.8 Å². The summed E-state index contributed by atoms with van der Waals surface area (Å²) in [4.78, 5) is 0. The molecular weight excluding hydrogens is 281 g/mol. The molecule has 2 atom stereocenters. The van der Waals surface area contributed by atoms with Crippen molar-refractivity contribution in [3.05, 3.63) is 24.0 Å². The number of rotatable bonds is 5. The number of aromatic nitrogens is 4. The van der Waals surface area contributed by atoms with Gasteiger partial charge in [-0.1, -0.05) is 6.92 Å². The third kappa shape index (κ3) is 3.19. The van der Waals surface area contributed by atoms with Crippen molar-refractivity contribution >= 4 is 16.5 Å². The zero-order valence-electron chi connectivity index (χ0n) is 11.3. The first-order chi connectivity index (χ1) is 9.49. The minimum Gasteiger partial charge on any atom is -0.399 e. The lowest BCUT2D eigenvalue weighted by Crippen LogP contribution is -2.14. The van der Waals surface area contributed by atoms with Crippen molar-refractivity contribution in [3.63, 3.8) is 0 Å². The van der Waals surface area contributed by atoms with Gasteiger partial charge in [-0.05, 0) is 35.0 Å². The smallest absolute Gasteiger partial charge is 0.185 e. The molecule has 1 aromatic heterocycles. The Bertz CT molecular complexity index is 630. The minimum absolute atomic E-state index is 0.0257. The lowest BCUT2D eigenvalue weighted by atomic mass is 10.1. The van der Waals surface area contributed by atoms with Crippen molar-refractivity contribution in [2.24, 2.45) is 0 Å². The molecule has 0 bridgehead atoms. The second-order valence-electron chi connectivity index (χ2n) is 4.56. The van der Waals surface area contributed by atoms with E-state index in [0.29, 0.717) is 24.5 Å². The second-order valence-corrected chi connectivity index (χ2v) is 6.36. The third-order valence-electron chi connectivity index (χ3n) is 3.08. The Hall–Kier alpha value is -1.83. The lowest BCUT2D eigenvalue weighted by Gasteiger charge is -2.09. The Labute approximate surface area is 118 Å². The Morgan fingerprint density at radius 3 is 2.95 bits per heavy atom. The molecule has 2 N–H and O–H groups in total. The molecule has 0 radical (unpaired) electrons. The van der Waals surface area contributed by atoms with Crippen LogP contribution in [-0.4, -0.2) is 35.9 Å². The molecule has 2 rings (SSSR count). The van der Waals surface area contributed by atoms with Crippen molar-refractivity contribution in [3.8, 4) is 11.4 Å². The van der Waals surface area contributed by atoms with Gasteiger partial charge in [-0.3, -0.25) is 4.21 Å². The zero-order valence-corrected chi connectivity index (χ0v) is 12.1. The van der Waals surface area contributed by atoms with Gasteiger partial charge in [0.15, 0.2) is 5.82 Å². The zero-order chi connectivity index (χ0) is 14.7. The maximum absolute atomic E-state index is 13.8. The minimum atomic E-state index is -0.907. The molecule has 0 saturated carbocycles. The first-order valence-electron chi connectivity index (χ1n) is 6.13. The van der Waals surface area contributed by atoms with Crippen LogP contribution in [0.15, 0.2) is 18.2 Å². The van der Waals surface area contributed by atoms with Crippen LogP contribution in [0.3, 0.4) is 0 Å². The van der Waals surface area contributed by atoms with E-state index in [1.807, 2.05) is 6.92 Å². The fourth-order valence-electron chi connectivity index (χ4n) is 1.73. The summed E-state index contributed by atoms with van der Waals surface area (Å²) in [5, 5.41) is 11.3. The van der Waals surface area contributed by atoms with Crippen LogP contribution in [-0.2, 0) is 17.3 Å². The number of halogens is 1. The van der Waals surface area contributed by atoms with Crippen LogP contribution in [0, 0.1) is 5.82 Å². The summed E-state index contributed by atoms with van der Waals surface area (Å²) >= 11 is 0. The predicted octanol–water partition coefficient (Wildman–Crippen LogP) is 1.22. The Balaban J connectivity index is 2.24. The number of benzene rings is 1. The summed E-state index contributed by atoms with van der Waals surface area (Å²) in [5.41, 5.74) is 6.37. The van der Waals surface area contributed by atoms with E-state index in [2.05, 4.69) is 15.5 Å². The first-order valence-corrected chi connectivity index (χ1v) is 7.75. The molecule has 8 heteroatoms. The highest BCUT2D eigenvalue weighted by Crippen LogP contribution is 2.22. The number of anilines is 1. The number of tetrazole rings is 1. The molecule has 0 aliphatic carbocycles. The van der Waals surface area contributed by atoms with Gasteiger partial charge in [-0.15, -0.1) is 5.10 Å². The molecule has 108 valence electrons. The number of nitrogen functional groups attached to an aromatic ring is 1. The van der Waals surface area contributed by atoms with Crippen LogP contribution in [0.5, 0.6) is 0 Å². The molecule has 0 aliphatic rings. The third-order valence-corrected chi connectivity index (χ3v) is 4.45. The molecular formula is C12H16FN5OS. The van der Waals surface area contributed by atoms with Crippen LogP contribution < -0.4 is 5.73 Å².